The van der Waals surface area contributed by atoms with E-state index in [1.54, 1.807) is 29.7 Å². The number of thiophene rings is 1. The minimum Gasteiger partial charge on any atom is -0.476 e. The molecule has 0 fully saturated rings. The lowest BCUT2D eigenvalue weighted by Gasteiger charge is -2.08. The Hall–Kier alpha value is -3.35. The number of benzene rings is 1. The van der Waals surface area contributed by atoms with Crippen LogP contribution in [0.25, 0.3) is 10.6 Å². The molecule has 0 unspecified atom stereocenters. The molecule has 4 aromatic rings. The van der Waals surface area contributed by atoms with Crippen molar-refractivity contribution in [3.8, 4) is 10.6 Å². The molecule has 3 heterocycles. The number of carboxylic acid groups (broad SMARTS) is 1. The molecule has 0 aliphatic carbocycles. The average molecular weight is 474 g/mol. The number of aryl methyl sites for hydroxylation is 1. The van der Waals surface area contributed by atoms with E-state index in [2.05, 4.69) is 25.0 Å². The van der Waals surface area contributed by atoms with Gasteiger partial charge in [-0.05, 0) is 54.3 Å². The van der Waals surface area contributed by atoms with Gasteiger partial charge in [-0.25, -0.2) is 28.2 Å². The van der Waals surface area contributed by atoms with Gasteiger partial charge in [-0.2, -0.15) is 0 Å². The van der Waals surface area contributed by atoms with Gasteiger partial charge in [0.25, 0.3) is 10.0 Å². The van der Waals surface area contributed by atoms with Crippen LogP contribution in [0.2, 0.25) is 0 Å². The standard InChI is InChI=1S/C19H15N5O4S3/c1-11-7-9-29-16(11)14-6-8-20-18(22-14)21-12-2-4-13(5-3-12)31(27,28)24-19-23-15(10-30-19)17(25)26/h2-10H,1H3,(H,23,24)(H,25,26)(H,20,21,22). The Morgan fingerprint density at radius 1 is 1.06 bits per heavy atom. The highest BCUT2D eigenvalue weighted by Gasteiger charge is 2.18. The van der Waals surface area contributed by atoms with Crippen molar-refractivity contribution in [3.63, 3.8) is 0 Å². The molecule has 0 aliphatic rings. The molecule has 0 bridgehead atoms. The van der Waals surface area contributed by atoms with E-state index in [0.29, 0.717) is 11.6 Å². The molecular formula is C19H15N5O4S3. The van der Waals surface area contributed by atoms with Gasteiger partial charge in [-0.3, -0.25) is 4.72 Å². The normalized spacial score (nSPS) is 11.3. The second-order valence-electron chi connectivity index (χ2n) is 6.30. The van der Waals surface area contributed by atoms with Crippen LogP contribution in [0, 0.1) is 6.92 Å². The molecule has 12 heteroatoms. The summed E-state index contributed by atoms with van der Waals surface area (Å²) in [6.45, 7) is 2.02. The third-order valence-corrected chi connectivity index (χ3v) is 7.40. The second kappa shape index (κ2) is 8.41. The van der Waals surface area contributed by atoms with Gasteiger partial charge in [0.2, 0.25) is 5.95 Å². The van der Waals surface area contributed by atoms with Crippen LogP contribution in [0.5, 0.6) is 0 Å². The van der Waals surface area contributed by atoms with Gasteiger partial charge in [-0.15, -0.1) is 22.7 Å². The molecule has 0 spiro atoms. The van der Waals surface area contributed by atoms with E-state index < -0.39 is 16.0 Å². The van der Waals surface area contributed by atoms with Crippen molar-refractivity contribution in [1.29, 1.82) is 0 Å². The van der Waals surface area contributed by atoms with E-state index in [1.165, 1.54) is 17.5 Å². The number of nitrogens with one attached hydrogen (secondary N) is 2. The molecule has 3 N–H and O–H groups in total. The Balaban J connectivity index is 1.49. The first-order valence-electron chi connectivity index (χ1n) is 8.78. The Labute approximate surface area is 185 Å². The fourth-order valence-electron chi connectivity index (χ4n) is 2.62. The SMILES string of the molecule is Cc1ccsc1-c1ccnc(Nc2ccc(S(=O)(=O)Nc3nc(C(=O)O)cs3)cc2)n1. The smallest absolute Gasteiger partial charge is 0.355 e. The molecule has 158 valence electrons. The molecule has 0 radical (unpaired) electrons. The lowest BCUT2D eigenvalue weighted by atomic mass is 10.2. The number of thiazole rings is 1. The van der Waals surface area contributed by atoms with Gasteiger partial charge in [0, 0.05) is 17.3 Å². The molecule has 4 rings (SSSR count). The zero-order valence-corrected chi connectivity index (χ0v) is 18.4. The van der Waals surface area contributed by atoms with E-state index in [1.807, 2.05) is 24.4 Å². The third kappa shape index (κ3) is 4.71. The number of carboxylic acids is 1. The van der Waals surface area contributed by atoms with Gasteiger partial charge in [0.1, 0.15) is 0 Å². The molecule has 1 aromatic carbocycles. The maximum atomic E-state index is 12.5. The number of hydrogen-bond donors (Lipinski definition) is 3. The maximum absolute atomic E-state index is 12.5. The molecule has 0 saturated carbocycles. The number of carbonyl (C=O) groups is 1. The average Bonchev–Trinajstić information content (AvgIpc) is 3.37. The molecular weight excluding hydrogens is 458 g/mol. The first-order valence-corrected chi connectivity index (χ1v) is 12.0. The predicted octanol–water partition coefficient (Wildman–Crippen LogP) is 4.21. The monoisotopic (exact) mass is 473 g/mol. The van der Waals surface area contributed by atoms with Gasteiger partial charge >= 0.3 is 5.97 Å². The second-order valence-corrected chi connectivity index (χ2v) is 9.75. The van der Waals surface area contributed by atoms with Gasteiger partial charge < -0.3 is 10.4 Å². The number of sulfonamides is 1. The summed E-state index contributed by atoms with van der Waals surface area (Å²) in [4.78, 5) is 24.4. The lowest BCUT2D eigenvalue weighted by molar-refractivity contribution is 0.0691. The van der Waals surface area contributed by atoms with Crippen molar-refractivity contribution in [2.24, 2.45) is 0 Å². The van der Waals surface area contributed by atoms with Gasteiger partial charge in [0.05, 0.1) is 15.5 Å². The first-order chi connectivity index (χ1) is 14.8. The number of hydrogen-bond acceptors (Lipinski definition) is 9. The summed E-state index contributed by atoms with van der Waals surface area (Å²) in [7, 11) is -3.91. The van der Waals surface area contributed by atoms with E-state index in [0.717, 1.165) is 27.5 Å². The van der Waals surface area contributed by atoms with Gasteiger partial charge in [0.15, 0.2) is 10.8 Å². The number of anilines is 3. The minimum atomic E-state index is -3.91. The zero-order chi connectivity index (χ0) is 22.0. The summed E-state index contributed by atoms with van der Waals surface area (Å²) < 4.78 is 27.3. The Bertz CT molecular complexity index is 1350. The highest BCUT2D eigenvalue weighted by molar-refractivity contribution is 7.93. The summed E-state index contributed by atoms with van der Waals surface area (Å²) in [5, 5.41) is 15.2. The Morgan fingerprint density at radius 3 is 2.48 bits per heavy atom. The maximum Gasteiger partial charge on any atom is 0.355 e. The molecule has 0 atom stereocenters. The number of rotatable bonds is 7. The van der Waals surface area contributed by atoms with Crippen molar-refractivity contribution in [1.82, 2.24) is 15.0 Å². The molecule has 0 amide bonds. The van der Waals surface area contributed by atoms with Crippen LogP contribution in [-0.4, -0.2) is 34.4 Å². The summed E-state index contributed by atoms with van der Waals surface area (Å²) in [5.41, 5.74) is 2.33. The fourth-order valence-corrected chi connectivity index (χ4v) is 5.45. The molecule has 0 aliphatic heterocycles. The molecule has 31 heavy (non-hydrogen) atoms. The van der Waals surface area contributed by atoms with Crippen LogP contribution < -0.4 is 10.0 Å². The number of nitrogens with zero attached hydrogens (tertiary/aromatic N) is 3. The Kier molecular flexibility index (Phi) is 5.67. The largest absolute Gasteiger partial charge is 0.476 e. The van der Waals surface area contributed by atoms with Crippen LogP contribution in [0.3, 0.4) is 0 Å². The quantitative estimate of drug-likeness (QED) is 0.363. The van der Waals surface area contributed by atoms with Crippen molar-refractivity contribution < 1.29 is 18.3 Å². The highest BCUT2D eigenvalue weighted by Crippen LogP contribution is 2.28. The highest BCUT2D eigenvalue weighted by atomic mass is 32.2. The fraction of sp³-hybridized carbons (Fsp3) is 0.0526. The summed E-state index contributed by atoms with van der Waals surface area (Å²) in [6, 6.07) is 9.88. The van der Waals surface area contributed by atoms with Gasteiger partial charge in [-0.1, -0.05) is 0 Å². The third-order valence-electron chi connectivity index (χ3n) is 4.12. The molecule has 9 nitrogen and oxygen atoms in total. The van der Waals surface area contributed by atoms with Crippen LogP contribution in [-0.2, 0) is 10.0 Å². The summed E-state index contributed by atoms with van der Waals surface area (Å²) in [5.74, 6) is -0.833. The van der Waals surface area contributed by atoms with Crippen molar-refractivity contribution >= 4 is 55.4 Å². The first kappa shape index (κ1) is 20.9. The molecule has 3 aromatic heterocycles. The zero-order valence-electron chi connectivity index (χ0n) is 15.9. The molecule has 0 saturated heterocycles. The van der Waals surface area contributed by atoms with Crippen LogP contribution >= 0.6 is 22.7 Å². The summed E-state index contributed by atoms with van der Waals surface area (Å²) >= 11 is 2.49. The topological polar surface area (TPSA) is 134 Å². The van der Waals surface area contributed by atoms with Crippen molar-refractivity contribution in [2.75, 3.05) is 10.0 Å². The van der Waals surface area contributed by atoms with Crippen LogP contribution in [0.1, 0.15) is 16.1 Å². The lowest BCUT2D eigenvalue weighted by Crippen LogP contribution is -2.13. The van der Waals surface area contributed by atoms with Crippen LogP contribution in [0.4, 0.5) is 16.8 Å². The summed E-state index contributed by atoms with van der Waals surface area (Å²) in [6.07, 6.45) is 1.66. The van der Waals surface area contributed by atoms with E-state index >= 15 is 0 Å². The van der Waals surface area contributed by atoms with E-state index in [4.69, 9.17) is 5.11 Å². The Morgan fingerprint density at radius 2 is 1.84 bits per heavy atom. The van der Waals surface area contributed by atoms with Crippen molar-refractivity contribution in [2.45, 2.75) is 11.8 Å². The minimum absolute atomic E-state index is 0.00834. The van der Waals surface area contributed by atoms with Crippen molar-refractivity contribution in [3.05, 3.63) is 64.6 Å². The number of aromatic carboxylic acids is 1. The van der Waals surface area contributed by atoms with E-state index in [-0.39, 0.29) is 15.7 Å². The van der Waals surface area contributed by atoms with E-state index in [9.17, 15) is 13.2 Å². The predicted molar refractivity (Wildman–Crippen MR) is 120 cm³/mol. The number of aromatic nitrogens is 3. The van der Waals surface area contributed by atoms with Crippen LogP contribution in [0.15, 0.2) is 58.3 Å².